The summed E-state index contributed by atoms with van der Waals surface area (Å²) in [5.74, 6) is 0.246. The van der Waals surface area contributed by atoms with E-state index in [9.17, 15) is 8.94 Å². The third kappa shape index (κ3) is 3.29. The molecule has 1 aromatic carbocycles. The van der Waals surface area contributed by atoms with Gasteiger partial charge in [0.15, 0.2) is 0 Å². The third-order valence-corrected chi connectivity index (χ3v) is 5.89. The van der Waals surface area contributed by atoms with Crippen LogP contribution in [0.15, 0.2) is 22.5 Å². The van der Waals surface area contributed by atoms with Crippen LogP contribution in [0.2, 0.25) is 0 Å². The second-order valence-corrected chi connectivity index (χ2v) is 7.37. The van der Waals surface area contributed by atoms with Gasteiger partial charge in [0.25, 0.3) is 0 Å². The summed E-state index contributed by atoms with van der Waals surface area (Å²) >= 11 is 0.258. The standard InChI is InChI=1S/C13H15FN2O2S2/c14-10-1-2-12-11(9-10)15-13(19-12)20(17)8-5-16-3-6-18-7-4-16/h1-2,9H,3-8H2. The van der Waals surface area contributed by atoms with Gasteiger partial charge in [-0.15, -0.1) is 0 Å². The van der Waals surface area contributed by atoms with Crippen LogP contribution in [0.5, 0.6) is 0 Å². The van der Waals surface area contributed by atoms with E-state index in [4.69, 9.17) is 4.74 Å². The van der Waals surface area contributed by atoms with Crippen molar-refractivity contribution in [3.8, 4) is 0 Å². The lowest BCUT2D eigenvalue weighted by Crippen LogP contribution is -2.39. The minimum Gasteiger partial charge on any atom is -0.610 e. The van der Waals surface area contributed by atoms with Crippen LogP contribution < -0.4 is 0 Å². The van der Waals surface area contributed by atoms with Crippen molar-refractivity contribution in [1.29, 1.82) is 0 Å². The number of nitrogens with zero attached hydrogens (tertiary/aromatic N) is 2. The van der Waals surface area contributed by atoms with Crippen LogP contribution >= 0.6 is 11.3 Å². The molecule has 0 amide bonds. The van der Waals surface area contributed by atoms with E-state index < -0.39 is 11.2 Å². The Labute approximate surface area is 123 Å². The van der Waals surface area contributed by atoms with Gasteiger partial charge in [0, 0.05) is 36.9 Å². The number of benzene rings is 1. The number of thiazole rings is 1. The molecule has 3 rings (SSSR count). The molecule has 0 bridgehead atoms. The molecule has 1 fully saturated rings. The van der Waals surface area contributed by atoms with Crippen LogP contribution in [-0.2, 0) is 15.9 Å². The SMILES string of the molecule is [O-][S+](CCN1CCOCC1)c1nc2cc(F)ccc2s1. The largest absolute Gasteiger partial charge is 0.610 e. The number of hydrogen-bond donors (Lipinski definition) is 0. The molecule has 0 radical (unpaired) electrons. The Bertz CT molecular complexity index is 587. The average molecular weight is 314 g/mol. The first kappa shape index (κ1) is 14.2. The summed E-state index contributed by atoms with van der Waals surface area (Å²) in [6, 6.07) is 4.47. The van der Waals surface area contributed by atoms with Crippen LogP contribution in [0.3, 0.4) is 0 Å². The fraction of sp³-hybridized carbons (Fsp3) is 0.462. The third-order valence-electron chi connectivity index (χ3n) is 3.22. The number of halogens is 1. The molecule has 108 valence electrons. The van der Waals surface area contributed by atoms with E-state index in [0.717, 1.165) is 37.5 Å². The van der Waals surface area contributed by atoms with Gasteiger partial charge in [0.05, 0.1) is 23.4 Å². The van der Waals surface area contributed by atoms with E-state index in [-0.39, 0.29) is 5.82 Å². The second kappa shape index (κ2) is 6.36. The van der Waals surface area contributed by atoms with Gasteiger partial charge in [-0.3, -0.25) is 4.90 Å². The van der Waals surface area contributed by atoms with Gasteiger partial charge >= 0.3 is 4.34 Å². The molecule has 1 saturated heterocycles. The van der Waals surface area contributed by atoms with Gasteiger partial charge in [-0.2, -0.15) is 4.98 Å². The maximum absolute atomic E-state index is 13.1. The van der Waals surface area contributed by atoms with Crippen molar-refractivity contribution in [1.82, 2.24) is 9.88 Å². The molecule has 1 aliphatic heterocycles. The maximum Gasteiger partial charge on any atom is 0.302 e. The molecule has 1 aromatic heterocycles. The van der Waals surface area contributed by atoms with Crippen molar-refractivity contribution in [2.24, 2.45) is 0 Å². The van der Waals surface area contributed by atoms with Crippen molar-refractivity contribution >= 4 is 32.7 Å². The lowest BCUT2D eigenvalue weighted by Gasteiger charge is -2.26. The predicted octanol–water partition coefficient (Wildman–Crippen LogP) is 1.88. The quantitative estimate of drug-likeness (QED) is 0.809. The minimum absolute atomic E-state index is 0.312. The smallest absolute Gasteiger partial charge is 0.302 e. The molecular weight excluding hydrogens is 299 g/mol. The highest BCUT2D eigenvalue weighted by atomic mass is 32.2. The summed E-state index contributed by atoms with van der Waals surface area (Å²) in [6.45, 7) is 4.05. The van der Waals surface area contributed by atoms with Crippen LogP contribution in [0.4, 0.5) is 4.39 Å². The van der Waals surface area contributed by atoms with E-state index >= 15 is 0 Å². The zero-order valence-corrected chi connectivity index (χ0v) is 12.5. The minimum atomic E-state index is -1.12. The number of fused-ring (bicyclic) bond motifs is 1. The lowest BCUT2D eigenvalue weighted by molar-refractivity contribution is 0.0408. The summed E-state index contributed by atoms with van der Waals surface area (Å²) in [5.41, 5.74) is 0.588. The van der Waals surface area contributed by atoms with Gasteiger partial charge in [-0.05, 0) is 12.1 Å². The van der Waals surface area contributed by atoms with Crippen LogP contribution in [0.1, 0.15) is 0 Å². The number of rotatable bonds is 4. The van der Waals surface area contributed by atoms with E-state index in [1.54, 1.807) is 6.07 Å². The number of aromatic nitrogens is 1. The van der Waals surface area contributed by atoms with Gasteiger partial charge in [-0.25, -0.2) is 4.39 Å². The van der Waals surface area contributed by atoms with Crippen molar-refractivity contribution in [2.75, 3.05) is 38.6 Å². The maximum atomic E-state index is 13.1. The normalized spacial score (nSPS) is 18.5. The van der Waals surface area contributed by atoms with E-state index in [2.05, 4.69) is 9.88 Å². The summed E-state index contributed by atoms with van der Waals surface area (Å²) < 4.78 is 32.1. The Morgan fingerprint density at radius 3 is 3.00 bits per heavy atom. The molecule has 20 heavy (non-hydrogen) atoms. The van der Waals surface area contributed by atoms with Crippen LogP contribution in [0.25, 0.3) is 10.2 Å². The van der Waals surface area contributed by atoms with Crippen molar-refractivity contribution in [3.63, 3.8) is 0 Å². The first-order chi connectivity index (χ1) is 9.72. The molecule has 4 nitrogen and oxygen atoms in total. The first-order valence-electron chi connectivity index (χ1n) is 6.47. The Hall–Kier alpha value is -0.730. The topological polar surface area (TPSA) is 48.4 Å². The Morgan fingerprint density at radius 2 is 2.20 bits per heavy atom. The van der Waals surface area contributed by atoms with Crippen molar-refractivity contribution in [3.05, 3.63) is 24.0 Å². The summed E-state index contributed by atoms with van der Waals surface area (Å²) in [6.07, 6.45) is 0. The zero-order valence-electron chi connectivity index (χ0n) is 10.9. The molecule has 2 heterocycles. The summed E-state index contributed by atoms with van der Waals surface area (Å²) in [5, 5.41) is 0. The van der Waals surface area contributed by atoms with Gasteiger partial charge in [0.1, 0.15) is 11.6 Å². The average Bonchev–Trinajstić information content (AvgIpc) is 2.89. The molecule has 2 aromatic rings. The summed E-state index contributed by atoms with van der Waals surface area (Å²) in [7, 11) is 0. The Kier molecular flexibility index (Phi) is 4.52. The number of hydrogen-bond acceptors (Lipinski definition) is 5. The lowest BCUT2D eigenvalue weighted by atomic mass is 10.3. The highest BCUT2D eigenvalue weighted by molar-refractivity contribution is 7.93. The fourth-order valence-electron chi connectivity index (χ4n) is 2.10. The van der Waals surface area contributed by atoms with Crippen LogP contribution in [-0.4, -0.2) is 53.0 Å². The molecule has 0 saturated carbocycles. The molecule has 0 N–H and O–H groups in total. The Balaban J connectivity index is 1.64. The fourth-order valence-corrected chi connectivity index (χ4v) is 4.47. The van der Waals surface area contributed by atoms with Gasteiger partial charge in [-0.1, -0.05) is 11.3 Å². The molecule has 0 spiro atoms. The van der Waals surface area contributed by atoms with E-state index in [0.29, 0.717) is 15.6 Å². The van der Waals surface area contributed by atoms with E-state index in [1.165, 1.54) is 23.5 Å². The van der Waals surface area contributed by atoms with Crippen molar-refractivity contribution < 1.29 is 13.7 Å². The highest BCUT2D eigenvalue weighted by Crippen LogP contribution is 2.26. The zero-order chi connectivity index (χ0) is 13.9. The van der Waals surface area contributed by atoms with Gasteiger partial charge in [0.2, 0.25) is 0 Å². The monoisotopic (exact) mass is 314 g/mol. The Morgan fingerprint density at radius 1 is 1.40 bits per heavy atom. The molecule has 1 atom stereocenters. The summed E-state index contributed by atoms with van der Waals surface area (Å²) in [4.78, 5) is 6.52. The molecule has 7 heteroatoms. The number of ether oxygens (including phenoxy) is 1. The molecule has 0 aliphatic carbocycles. The molecule has 1 aliphatic rings. The van der Waals surface area contributed by atoms with Crippen molar-refractivity contribution in [2.45, 2.75) is 4.34 Å². The first-order valence-corrected chi connectivity index (χ1v) is 8.60. The van der Waals surface area contributed by atoms with E-state index in [1.807, 2.05) is 0 Å². The molecular formula is C13H15FN2O2S2. The second-order valence-electron chi connectivity index (χ2n) is 4.60. The number of morpholine rings is 1. The van der Waals surface area contributed by atoms with Gasteiger partial charge < -0.3 is 9.29 Å². The highest BCUT2D eigenvalue weighted by Gasteiger charge is 2.19. The predicted molar refractivity (Wildman–Crippen MR) is 78.1 cm³/mol. The molecule has 1 unspecified atom stereocenters. The van der Waals surface area contributed by atoms with Crippen LogP contribution in [0, 0.1) is 5.82 Å².